The summed E-state index contributed by atoms with van der Waals surface area (Å²) in [5, 5.41) is 2.96. The summed E-state index contributed by atoms with van der Waals surface area (Å²) in [5.41, 5.74) is 0.419. The van der Waals surface area contributed by atoms with Gasteiger partial charge in [-0.1, -0.05) is 0 Å². The number of carbonyl (C=O) groups excluding carboxylic acids is 1. The Morgan fingerprint density at radius 3 is 3.00 bits per heavy atom. The topological polar surface area (TPSA) is 42.2 Å². The standard InChI is InChI=1S/C9H10ClNO2/c10-8-7(3-4-13-8)9(12)11-5-6-1-2-6/h3-4,6H,1-2,5H2,(H,11,12). The van der Waals surface area contributed by atoms with Crippen LogP contribution in [0.5, 0.6) is 0 Å². The van der Waals surface area contributed by atoms with Crippen LogP contribution in [-0.4, -0.2) is 12.5 Å². The van der Waals surface area contributed by atoms with Gasteiger partial charge in [0.15, 0.2) is 0 Å². The molecule has 0 bridgehead atoms. The molecule has 3 nitrogen and oxygen atoms in total. The highest BCUT2D eigenvalue weighted by Crippen LogP contribution is 2.27. The van der Waals surface area contributed by atoms with Crippen LogP contribution in [0.25, 0.3) is 0 Å². The molecule has 1 aliphatic carbocycles. The predicted molar refractivity (Wildman–Crippen MR) is 48.8 cm³/mol. The molecule has 0 atom stereocenters. The van der Waals surface area contributed by atoms with Crippen molar-refractivity contribution in [2.75, 3.05) is 6.54 Å². The second-order valence-electron chi connectivity index (χ2n) is 3.26. The summed E-state index contributed by atoms with van der Waals surface area (Å²) in [6.07, 6.45) is 3.85. The second kappa shape index (κ2) is 3.42. The van der Waals surface area contributed by atoms with E-state index in [2.05, 4.69) is 5.32 Å². The summed E-state index contributed by atoms with van der Waals surface area (Å²) in [6.45, 7) is 0.750. The number of halogens is 1. The van der Waals surface area contributed by atoms with Crippen molar-refractivity contribution < 1.29 is 9.21 Å². The molecule has 4 heteroatoms. The largest absolute Gasteiger partial charge is 0.452 e. The van der Waals surface area contributed by atoms with E-state index < -0.39 is 0 Å². The first-order valence-electron chi connectivity index (χ1n) is 4.28. The van der Waals surface area contributed by atoms with Gasteiger partial charge in [-0.3, -0.25) is 4.79 Å². The molecule has 70 valence electrons. The fourth-order valence-corrected chi connectivity index (χ4v) is 1.31. The van der Waals surface area contributed by atoms with Crippen molar-refractivity contribution >= 4 is 17.5 Å². The van der Waals surface area contributed by atoms with E-state index >= 15 is 0 Å². The number of nitrogens with one attached hydrogen (secondary N) is 1. The van der Waals surface area contributed by atoms with E-state index in [-0.39, 0.29) is 11.1 Å². The Morgan fingerprint density at radius 2 is 2.46 bits per heavy atom. The van der Waals surface area contributed by atoms with Gasteiger partial charge in [-0.2, -0.15) is 0 Å². The predicted octanol–water partition coefficient (Wildman–Crippen LogP) is 2.07. The first-order chi connectivity index (χ1) is 6.27. The number of rotatable bonds is 3. The lowest BCUT2D eigenvalue weighted by Gasteiger charge is -2.00. The maximum absolute atomic E-state index is 11.4. The van der Waals surface area contributed by atoms with Crippen molar-refractivity contribution in [2.45, 2.75) is 12.8 Å². The maximum atomic E-state index is 11.4. The van der Waals surface area contributed by atoms with Crippen LogP contribution >= 0.6 is 11.6 Å². The Labute approximate surface area is 81.1 Å². The third-order valence-corrected chi connectivity index (χ3v) is 2.40. The molecule has 1 aromatic heterocycles. The number of furan rings is 1. The van der Waals surface area contributed by atoms with Gasteiger partial charge in [0.1, 0.15) is 0 Å². The minimum Gasteiger partial charge on any atom is -0.452 e. The quantitative estimate of drug-likeness (QED) is 0.810. The lowest BCUT2D eigenvalue weighted by Crippen LogP contribution is -2.25. The third-order valence-electron chi connectivity index (χ3n) is 2.11. The molecule has 1 N–H and O–H groups in total. The van der Waals surface area contributed by atoms with Crippen molar-refractivity contribution in [3.8, 4) is 0 Å². The Bertz CT molecular complexity index is 317. The van der Waals surface area contributed by atoms with Crippen molar-refractivity contribution in [1.29, 1.82) is 0 Å². The molecule has 1 fully saturated rings. The van der Waals surface area contributed by atoms with Gasteiger partial charge in [0.05, 0.1) is 11.8 Å². The van der Waals surface area contributed by atoms with Gasteiger partial charge in [0, 0.05) is 6.54 Å². The van der Waals surface area contributed by atoms with E-state index in [1.807, 2.05) is 0 Å². The Hall–Kier alpha value is -0.960. The Morgan fingerprint density at radius 1 is 1.69 bits per heavy atom. The molecule has 0 saturated heterocycles. The molecule has 2 rings (SSSR count). The summed E-state index contributed by atoms with van der Waals surface area (Å²) in [5.74, 6) is 0.528. The van der Waals surface area contributed by atoms with Crippen LogP contribution in [0.15, 0.2) is 16.7 Å². The molecule has 13 heavy (non-hydrogen) atoms. The van der Waals surface area contributed by atoms with Crippen LogP contribution in [0.4, 0.5) is 0 Å². The summed E-state index contributed by atoms with van der Waals surface area (Å²) in [6, 6.07) is 1.57. The molecule has 1 heterocycles. The zero-order valence-corrected chi connectivity index (χ0v) is 7.80. The minimum atomic E-state index is -0.148. The first kappa shape index (κ1) is 8.63. The molecule has 1 aliphatic rings. The summed E-state index contributed by atoms with van der Waals surface area (Å²) >= 11 is 5.64. The average molecular weight is 200 g/mol. The maximum Gasteiger partial charge on any atom is 0.256 e. The molecule has 1 amide bonds. The van der Waals surface area contributed by atoms with Crippen molar-refractivity contribution in [3.63, 3.8) is 0 Å². The highest BCUT2D eigenvalue weighted by atomic mass is 35.5. The highest BCUT2D eigenvalue weighted by Gasteiger charge is 2.22. The van der Waals surface area contributed by atoms with Crippen LogP contribution in [0.2, 0.25) is 5.22 Å². The lowest BCUT2D eigenvalue weighted by molar-refractivity contribution is 0.0951. The van der Waals surface area contributed by atoms with Gasteiger partial charge in [0.2, 0.25) is 5.22 Å². The van der Waals surface area contributed by atoms with Gasteiger partial charge in [-0.15, -0.1) is 0 Å². The van der Waals surface area contributed by atoms with E-state index in [1.54, 1.807) is 6.07 Å². The van der Waals surface area contributed by atoms with Crippen molar-refractivity contribution in [3.05, 3.63) is 23.1 Å². The SMILES string of the molecule is O=C(NCC1CC1)c1ccoc1Cl. The van der Waals surface area contributed by atoms with Gasteiger partial charge < -0.3 is 9.73 Å². The second-order valence-corrected chi connectivity index (χ2v) is 3.60. The van der Waals surface area contributed by atoms with Crippen LogP contribution in [0.3, 0.4) is 0 Å². The van der Waals surface area contributed by atoms with Crippen molar-refractivity contribution in [1.82, 2.24) is 5.32 Å². The molecule has 0 aromatic carbocycles. The molecule has 0 radical (unpaired) electrons. The molecule has 0 unspecified atom stereocenters. The molecule has 0 spiro atoms. The van der Waals surface area contributed by atoms with Crippen LogP contribution < -0.4 is 5.32 Å². The molecular weight excluding hydrogens is 190 g/mol. The van der Waals surface area contributed by atoms with Gasteiger partial charge in [-0.25, -0.2) is 0 Å². The van der Waals surface area contributed by atoms with E-state index in [0.717, 1.165) is 6.54 Å². The van der Waals surface area contributed by atoms with Crippen LogP contribution in [0.1, 0.15) is 23.2 Å². The van der Waals surface area contributed by atoms with Gasteiger partial charge in [0.25, 0.3) is 5.91 Å². The number of hydrogen-bond donors (Lipinski definition) is 1. The van der Waals surface area contributed by atoms with Gasteiger partial charge >= 0.3 is 0 Å². The first-order valence-corrected chi connectivity index (χ1v) is 4.66. The average Bonchev–Trinajstić information content (AvgIpc) is 2.84. The summed E-state index contributed by atoms with van der Waals surface area (Å²) in [4.78, 5) is 11.4. The number of amides is 1. The van der Waals surface area contributed by atoms with Gasteiger partial charge in [-0.05, 0) is 36.4 Å². The van der Waals surface area contributed by atoms with E-state index in [0.29, 0.717) is 11.5 Å². The molecule has 1 aromatic rings. The lowest BCUT2D eigenvalue weighted by atomic mass is 10.3. The molecular formula is C9H10ClNO2. The zero-order valence-electron chi connectivity index (χ0n) is 7.05. The van der Waals surface area contributed by atoms with Crippen molar-refractivity contribution in [2.24, 2.45) is 5.92 Å². The van der Waals surface area contributed by atoms with Crippen LogP contribution in [-0.2, 0) is 0 Å². The third kappa shape index (κ3) is 2.04. The highest BCUT2D eigenvalue weighted by molar-refractivity contribution is 6.32. The molecule has 0 aliphatic heterocycles. The summed E-state index contributed by atoms with van der Waals surface area (Å²) < 4.78 is 4.81. The van der Waals surface area contributed by atoms with E-state index in [4.69, 9.17) is 16.0 Å². The van der Waals surface area contributed by atoms with Crippen LogP contribution in [0, 0.1) is 5.92 Å². The number of carbonyl (C=O) groups is 1. The van der Waals surface area contributed by atoms with E-state index in [1.165, 1.54) is 19.1 Å². The Kier molecular flexibility index (Phi) is 2.27. The van der Waals surface area contributed by atoms with E-state index in [9.17, 15) is 4.79 Å². The normalized spacial score (nSPS) is 15.8. The number of hydrogen-bond acceptors (Lipinski definition) is 2. The fraction of sp³-hybridized carbons (Fsp3) is 0.444. The smallest absolute Gasteiger partial charge is 0.256 e. The minimum absolute atomic E-state index is 0.148. The fourth-order valence-electron chi connectivity index (χ4n) is 1.11. The molecule has 1 saturated carbocycles. The Balaban J connectivity index is 1.92. The zero-order chi connectivity index (χ0) is 9.26. The monoisotopic (exact) mass is 199 g/mol. The summed E-state index contributed by atoms with van der Waals surface area (Å²) in [7, 11) is 0.